The number of hydrogen-bond donors (Lipinski definition) is 1. The maximum absolute atomic E-state index is 13.2. The van der Waals surface area contributed by atoms with Crippen LogP contribution in [0, 0.1) is 6.92 Å². The van der Waals surface area contributed by atoms with Crippen LogP contribution < -0.4 is 5.32 Å². The third-order valence-electron chi connectivity index (χ3n) is 4.89. The summed E-state index contributed by atoms with van der Waals surface area (Å²) in [5, 5.41) is 6.26. The second-order valence-corrected chi connectivity index (χ2v) is 8.84. The van der Waals surface area contributed by atoms with E-state index in [2.05, 4.69) is 10.5 Å². The van der Waals surface area contributed by atoms with Crippen LogP contribution in [0.5, 0.6) is 0 Å². The van der Waals surface area contributed by atoms with Crippen molar-refractivity contribution < 1.29 is 30.9 Å². The Morgan fingerprint density at radius 2 is 1.83 bits per heavy atom. The van der Waals surface area contributed by atoms with Gasteiger partial charge in [-0.05, 0) is 26.0 Å². The predicted octanol–water partition coefficient (Wildman–Crippen LogP) is 2.34. The fourth-order valence-corrected chi connectivity index (χ4v) is 4.84. The maximum Gasteiger partial charge on any atom is 0.417 e. The molecule has 1 aromatic heterocycles. The number of nitrogens with one attached hydrogen (secondary N) is 1. The average molecular weight is 446 g/mol. The zero-order valence-corrected chi connectivity index (χ0v) is 17.1. The minimum Gasteiger partial charge on any atom is -0.338 e. The first-order valence-electron chi connectivity index (χ1n) is 9.15. The number of aromatic nitrogens is 1. The quantitative estimate of drug-likeness (QED) is 0.758. The van der Waals surface area contributed by atoms with Crippen LogP contribution in [0.4, 0.5) is 19.1 Å². The van der Waals surface area contributed by atoms with Gasteiger partial charge in [-0.3, -0.25) is 15.0 Å². The lowest BCUT2D eigenvalue weighted by molar-refractivity contribution is -0.140. The predicted molar refractivity (Wildman–Crippen MR) is 101 cm³/mol. The van der Waals surface area contributed by atoms with Crippen molar-refractivity contribution in [3.05, 3.63) is 41.6 Å². The van der Waals surface area contributed by atoms with Gasteiger partial charge in [-0.25, -0.2) is 8.42 Å². The van der Waals surface area contributed by atoms with Crippen LogP contribution in [0.15, 0.2) is 39.8 Å². The van der Waals surface area contributed by atoms with Gasteiger partial charge in [-0.2, -0.15) is 17.5 Å². The molecule has 2 aromatic rings. The highest BCUT2D eigenvalue weighted by molar-refractivity contribution is 7.89. The highest BCUT2D eigenvalue weighted by atomic mass is 32.2. The minimum absolute atomic E-state index is 0.0342. The molecule has 1 aliphatic heterocycles. The molecule has 1 fully saturated rings. The molecule has 0 unspecified atom stereocenters. The first-order valence-corrected chi connectivity index (χ1v) is 10.6. The molecule has 1 saturated heterocycles. The van der Waals surface area contributed by atoms with E-state index in [0.717, 1.165) is 22.5 Å². The van der Waals surface area contributed by atoms with E-state index >= 15 is 0 Å². The molecule has 2 heterocycles. The van der Waals surface area contributed by atoms with Gasteiger partial charge in [0.1, 0.15) is 0 Å². The van der Waals surface area contributed by atoms with Crippen LogP contribution in [-0.4, -0.2) is 60.9 Å². The summed E-state index contributed by atoms with van der Waals surface area (Å²) in [6.07, 6.45) is -4.78. The van der Waals surface area contributed by atoms with Crippen LogP contribution in [0.3, 0.4) is 0 Å². The van der Waals surface area contributed by atoms with E-state index < -0.39 is 32.7 Å². The van der Waals surface area contributed by atoms with Gasteiger partial charge in [0.2, 0.25) is 21.8 Å². The molecule has 0 saturated carbocycles. The van der Waals surface area contributed by atoms with E-state index in [9.17, 15) is 26.4 Å². The summed E-state index contributed by atoms with van der Waals surface area (Å²) in [6.45, 7) is 3.68. The van der Waals surface area contributed by atoms with E-state index in [1.54, 1.807) is 24.8 Å². The molecule has 8 nitrogen and oxygen atoms in total. The number of carbonyl (C=O) groups excluding carboxylic acids is 1. The molecule has 0 aliphatic carbocycles. The van der Waals surface area contributed by atoms with Gasteiger partial charge in [0.15, 0.2) is 0 Å². The standard InChI is InChI=1S/C18H21F3N4O4S/c1-12-11-16(29-23-12)22-17(26)13(2)24-7-9-25(10-8-24)30(27,28)15-6-4-3-5-14(15)18(19,20)21/h3-6,11,13H,7-10H2,1-2H3,(H,22,26)/t13-/m0/s1. The number of hydrogen-bond acceptors (Lipinski definition) is 6. The van der Waals surface area contributed by atoms with Crippen LogP contribution in [0.25, 0.3) is 0 Å². The summed E-state index contributed by atoms with van der Waals surface area (Å²) in [5.74, 6) is -0.154. The van der Waals surface area contributed by atoms with Gasteiger partial charge in [-0.15, -0.1) is 0 Å². The third-order valence-corrected chi connectivity index (χ3v) is 6.84. The van der Waals surface area contributed by atoms with E-state index in [4.69, 9.17) is 4.52 Å². The monoisotopic (exact) mass is 446 g/mol. The Morgan fingerprint density at radius 3 is 2.40 bits per heavy atom. The lowest BCUT2D eigenvalue weighted by atomic mass is 10.2. The van der Waals surface area contributed by atoms with Crippen molar-refractivity contribution in [3.63, 3.8) is 0 Å². The number of piperazine rings is 1. The number of amides is 1. The Bertz CT molecular complexity index is 1010. The number of anilines is 1. The van der Waals surface area contributed by atoms with Crippen molar-refractivity contribution in [2.24, 2.45) is 0 Å². The number of alkyl halides is 3. The second-order valence-electron chi connectivity index (χ2n) is 6.93. The Morgan fingerprint density at radius 1 is 1.20 bits per heavy atom. The maximum atomic E-state index is 13.2. The van der Waals surface area contributed by atoms with Gasteiger partial charge in [0.05, 0.1) is 22.2 Å². The number of halogens is 3. The Hall–Kier alpha value is -2.44. The highest BCUT2D eigenvalue weighted by Gasteiger charge is 2.40. The van der Waals surface area contributed by atoms with Gasteiger partial charge in [0.25, 0.3) is 0 Å². The highest BCUT2D eigenvalue weighted by Crippen LogP contribution is 2.35. The Balaban J connectivity index is 1.67. The Kier molecular flexibility index (Phi) is 6.20. The molecule has 1 N–H and O–H groups in total. The number of benzene rings is 1. The van der Waals surface area contributed by atoms with Crippen molar-refractivity contribution in [2.45, 2.75) is 31.0 Å². The largest absolute Gasteiger partial charge is 0.417 e. The molecule has 3 rings (SSSR count). The molecular formula is C18H21F3N4O4S. The second kappa shape index (κ2) is 8.36. The van der Waals surface area contributed by atoms with Crippen LogP contribution in [-0.2, 0) is 21.0 Å². The smallest absolute Gasteiger partial charge is 0.338 e. The molecule has 30 heavy (non-hydrogen) atoms. The number of sulfonamides is 1. The van der Waals surface area contributed by atoms with Crippen LogP contribution in [0.1, 0.15) is 18.2 Å². The summed E-state index contributed by atoms with van der Waals surface area (Å²) in [4.78, 5) is 13.4. The zero-order chi connectivity index (χ0) is 22.1. The van der Waals surface area contributed by atoms with Crippen molar-refractivity contribution in [1.82, 2.24) is 14.4 Å². The molecule has 12 heteroatoms. The number of nitrogens with zero attached hydrogens (tertiary/aromatic N) is 3. The molecule has 164 valence electrons. The van der Waals surface area contributed by atoms with Crippen molar-refractivity contribution in [2.75, 3.05) is 31.5 Å². The lowest BCUT2D eigenvalue weighted by Gasteiger charge is -2.36. The van der Waals surface area contributed by atoms with Gasteiger partial charge < -0.3 is 4.52 Å². The summed E-state index contributed by atoms with van der Waals surface area (Å²) in [5.41, 5.74) is -0.585. The molecular weight excluding hydrogens is 425 g/mol. The van der Waals surface area contributed by atoms with E-state index in [1.165, 1.54) is 6.07 Å². The third kappa shape index (κ3) is 4.65. The van der Waals surface area contributed by atoms with Gasteiger partial charge >= 0.3 is 6.18 Å². The first-order chi connectivity index (χ1) is 14.0. The molecule has 1 aromatic carbocycles. The fourth-order valence-electron chi connectivity index (χ4n) is 3.21. The van der Waals surface area contributed by atoms with Gasteiger partial charge in [0, 0.05) is 32.2 Å². The SMILES string of the molecule is Cc1cc(NC(=O)[C@H](C)N2CCN(S(=O)(=O)c3ccccc3C(F)(F)F)CC2)on1. The summed E-state index contributed by atoms with van der Waals surface area (Å²) >= 11 is 0. The molecule has 0 radical (unpaired) electrons. The summed E-state index contributed by atoms with van der Waals surface area (Å²) in [6, 6.07) is 5.09. The van der Waals surface area contributed by atoms with Crippen LogP contribution in [0.2, 0.25) is 0 Å². The number of aryl methyl sites for hydroxylation is 1. The summed E-state index contributed by atoms with van der Waals surface area (Å²) < 4.78 is 71.3. The number of rotatable bonds is 5. The fraction of sp³-hybridized carbons (Fsp3) is 0.444. The molecule has 1 aliphatic rings. The van der Waals surface area contributed by atoms with Gasteiger partial charge in [-0.1, -0.05) is 17.3 Å². The Labute approximate surface area is 171 Å². The average Bonchev–Trinajstić information content (AvgIpc) is 3.11. The van der Waals surface area contributed by atoms with Crippen molar-refractivity contribution in [3.8, 4) is 0 Å². The van der Waals surface area contributed by atoms with Crippen LogP contribution >= 0.6 is 0 Å². The molecule has 0 bridgehead atoms. The first kappa shape index (κ1) is 22.2. The molecule has 0 spiro atoms. The number of carbonyl (C=O) groups is 1. The van der Waals surface area contributed by atoms with Crippen molar-refractivity contribution in [1.29, 1.82) is 0 Å². The molecule has 1 atom stereocenters. The van der Waals surface area contributed by atoms with E-state index in [-0.39, 0.29) is 38.0 Å². The molecule has 1 amide bonds. The normalized spacial score (nSPS) is 17.6. The zero-order valence-electron chi connectivity index (χ0n) is 16.3. The van der Waals surface area contributed by atoms with Crippen molar-refractivity contribution >= 4 is 21.8 Å². The lowest BCUT2D eigenvalue weighted by Crippen LogP contribution is -2.54. The topological polar surface area (TPSA) is 95.8 Å². The summed E-state index contributed by atoms with van der Waals surface area (Å²) in [7, 11) is -4.33. The van der Waals surface area contributed by atoms with E-state index in [0.29, 0.717) is 5.69 Å². The minimum atomic E-state index is -4.78. The van der Waals surface area contributed by atoms with E-state index in [1.807, 2.05) is 0 Å².